The first kappa shape index (κ1) is 28.5. The molecule has 1 aliphatic carbocycles. The van der Waals surface area contributed by atoms with Crippen molar-refractivity contribution in [3.05, 3.63) is 23.5 Å². The summed E-state index contributed by atoms with van der Waals surface area (Å²) in [6.07, 6.45) is 0.709. The van der Waals surface area contributed by atoms with E-state index in [2.05, 4.69) is 0 Å². The Hall–Kier alpha value is -2.02. The lowest BCUT2D eigenvalue weighted by Gasteiger charge is -2.41. The fourth-order valence-corrected chi connectivity index (χ4v) is 4.97. The lowest BCUT2D eigenvalue weighted by Crippen LogP contribution is -2.60. The van der Waals surface area contributed by atoms with Crippen LogP contribution in [0.4, 0.5) is 0 Å². The Bertz CT molecular complexity index is 802. The molecule has 2 aliphatic heterocycles. The van der Waals surface area contributed by atoms with Crippen LogP contribution in [0.2, 0.25) is 0 Å². The molecule has 1 saturated carbocycles. The van der Waals surface area contributed by atoms with Crippen LogP contribution in [0, 0.1) is 11.8 Å². The van der Waals surface area contributed by atoms with E-state index in [4.69, 9.17) is 23.7 Å². The first-order valence-corrected chi connectivity index (χ1v) is 12.5. The highest BCUT2D eigenvalue weighted by atomic mass is 16.8. The molecule has 11 heteroatoms. The van der Waals surface area contributed by atoms with Crippen molar-refractivity contribution >= 4 is 11.9 Å². The van der Waals surface area contributed by atoms with E-state index in [0.29, 0.717) is 18.1 Å². The molecule has 204 valence electrons. The lowest BCUT2D eigenvalue weighted by molar-refractivity contribution is -0.327. The van der Waals surface area contributed by atoms with E-state index < -0.39 is 61.5 Å². The molecule has 1 saturated heterocycles. The van der Waals surface area contributed by atoms with Gasteiger partial charge in [0.1, 0.15) is 24.4 Å². The molecule has 36 heavy (non-hydrogen) atoms. The fraction of sp³-hybridized carbons (Fsp3) is 0.760. The van der Waals surface area contributed by atoms with Gasteiger partial charge < -0.3 is 44.1 Å². The summed E-state index contributed by atoms with van der Waals surface area (Å²) in [6.45, 7) is 1.36. The topological polar surface area (TPSA) is 161 Å². The lowest BCUT2D eigenvalue weighted by atomic mass is 9.86. The van der Waals surface area contributed by atoms with Crippen molar-refractivity contribution in [2.75, 3.05) is 20.3 Å². The van der Waals surface area contributed by atoms with E-state index in [1.807, 2.05) is 0 Å². The predicted octanol–water partition coefficient (Wildman–Crippen LogP) is 0.682. The third kappa shape index (κ3) is 6.84. The van der Waals surface area contributed by atoms with E-state index in [-0.39, 0.29) is 12.0 Å². The molecule has 3 rings (SSSR count). The van der Waals surface area contributed by atoms with Gasteiger partial charge >= 0.3 is 11.9 Å². The molecular weight excluding hydrogens is 476 g/mol. The molecule has 2 fully saturated rings. The summed E-state index contributed by atoms with van der Waals surface area (Å²) in [5, 5.41) is 39.8. The molecule has 0 aromatic carbocycles. The Kier molecular flexibility index (Phi) is 10.7. The Morgan fingerprint density at radius 2 is 1.83 bits per heavy atom. The molecule has 0 spiro atoms. The van der Waals surface area contributed by atoms with Crippen LogP contribution in [-0.4, -0.2) is 89.7 Å². The molecule has 0 aromatic heterocycles. The summed E-state index contributed by atoms with van der Waals surface area (Å²) >= 11 is 0. The average molecular weight is 515 g/mol. The highest BCUT2D eigenvalue weighted by Gasteiger charge is 2.46. The average Bonchev–Trinajstić information content (AvgIpc) is 2.89. The number of esters is 2. The Balaban J connectivity index is 1.69. The number of aliphatic hydroxyl groups is 4. The van der Waals surface area contributed by atoms with Crippen LogP contribution in [0.15, 0.2) is 23.5 Å². The maximum Gasteiger partial charge on any atom is 0.337 e. The predicted molar refractivity (Wildman–Crippen MR) is 124 cm³/mol. The van der Waals surface area contributed by atoms with Crippen LogP contribution in [0.5, 0.6) is 0 Å². The number of carbonyl (C=O) groups excluding carboxylic acids is 2. The second kappa shape index (κ2) is 13.5. The molecule has 11 nitrogen and oxygen atoms in total. The first-order valence-electron chi connectivity index (χ1n) is 12.5. The second-order valence-electron chi connectivity index (χ2n) is 9.42. The Labute approximate surface area is 210 Å². The van der Waals surface area contributed by atoms with Gasteiger partial charge in [0.25, 0.3) is 0 Å². The van der Waals surface area contributed by atoms with Crippen molar-refractivity contribution in [2.24, 2.45) is 11.8 Å². The molecule has 0 radical (unpaired) electrons. The normalized spacial score (nSPS) is 34.6. The number of methoxy groups -OCH3 is 1. The molecule has 0 bridgehead atoms. The van der Waals surface area contributed by atoms with Gasteiger partial charge in [-0.3, -0.25) is 4.79 Å². The van der Waals surface area contributed by atoms with Gasteiger partial charge in [-0.05, 0) is 19.3 Å². The van der Waals surface area contributed by atoms with Gasteiger partial charge in [-0.25, -0.2) is 4.79 Å². The second-order valence-corrected chi connectivity index (χ2v) is 9.42. The monoisotopic (exact) mass is 514 g/mol. The summed E-state index contributed by atoms with van der Waals surface area (Å²) in [5.74, 6) is -1.39. The van der Waals surface area contributed by atoms with Crippen molar-refractivity contribution < 1.29 is 53.7 Å². The van der Waals surface area contributed by atoms with Gasteiger partial charge in [0.15, 0.2) is 6.29 Å². The van der Waals surface area contributed by atoms with Crippen LogP contribution < -0.4 is 0 Å². The SMILES string of the molecule is C/C=C1/[C@H](O[C@@H]2O[C@H](CO)[C@@H](O)[C@H](O)[C@H]2O)OC=C(C(=O)OC)[C@H]1CC(=O)OCCC1CCCCC1. The van der Waals surface area contributed by atoms with E-state index in [9.17, 15) is 30.0 Å². The quantitative estimate of drug-likeness (QED) is 0.253. The van der Waals surface area contributed by atoms with Crippen molar-refractivity contribution in [2.45, 2.75) is 88.9 Å². The molecule has 2 heterocycles. The third-order valence-electron chi connectivity index (χ3n) is 7.11. The molecule has 4 N–H and O–H groups in total. The number of ether oxygens (including phenoxy) is 5. The summed E-state index contributed by atoms with van der Waals surface area (Å²) < 4.78 is 27.0. The van der Waals surface area contributed by atoms with Crippen LogP contribution >= 0.6 is 0 Å². The fourth-order valence-electron chi connectivity index (χ4n) is 4.97. The Morgan fingerprint density at radius 1 is 1.11 bits per heavy atom. The molecule has 3 aliphatic rings. The van der Waals surface area contributed by atoms with Crippen molar-refractivity contribution in [3.63, 3.8) is 0 Å². The van der Waals surface area contributed by atoms with Gasteiger partial charge in [0.2, 0.25) is 6.29 Å². The van der Waals surface area contributed by atoms with Crippen LogP contribution in [-0.2, 0) is 33.3 Å². The highest BCUT2D eigenvalue weighted by Crippen LogP contribution is 2.36. The van der Waals surface area contributed by atoms with Gasteiger partial charge in [0, 0.05) is 11.5 Å². The van der Waals surface area contributed by atoms with Crippen LogP contribution in [0.3, 0.4) is 0 Å². The van der Waals surface area contributed by atoms with Crippen molar-refractivity contribution in [1.29, 1.82) is 0 Å². The minimum atomic E-state index is -1.64. The Morgan fingerprint density at radius 3 is 2.47 bits per heavy atom. The van der Waals surface area contributed by atoms with Gasteiger partial charge in [-0.15, -0.1) is 0 Å². The number of hydrogen-bond donors (Lipinski definition) is 4. The first-order chi connectivity index (χ1) is 17.3. The molecule has 0 amide bonds. The van der Waals surface area contributed by atoms with Crippen molar-refractivity contribution in [3.8, 4) is 0 Å². The maximum absolute atomic E-state index is 12.7. The molecule has 0 unspecified atom stereocenters. The van der Waals surface area contributed by atoms with Crippen LogP contribution in [0.1, 0.15) is 51.9 Å². The number of hydrogen-bond acceptors (Lipinski definition) is 11. The number of rotatable bonds is 9. The smallest absolute Gasteiger partial charge is 0.337 e. The number of carbonyl (C=O) groups is 2. The maximum atomic E-state index is 12.7. The third-order valence-corrected chi connectivity index (χ3v) is 7.11. The van der Waals surface area contributed by atoms with E-state index in [0.717, 1.165) is 25.5 Å². The number of aliphatic hydroxyl groups excluding tert-OH is 4. The standard InChI is InChI=1S/C25H38O11/c1-3-15-16(11-19(27)33-10-9-14-7-5-4-6-8-14)17(23(31)32-2)13-34-24(15)36-25-22(30)21(29)20(28)18(12-26)35-25/h3,13-14,16,18,20-22,24-26,28-30H,4-12H2,1-2H3/b15-3+/t16-,18+,20+,21-,22+,24-,25-/m0/s1. The zero-order valence-electron chi connectivity index (χ0n) is 20.8. The van der Waals surface area contributed by atoms with E-state index >= 15 is 0 Å². The molecular formula is C25H38O11. The zero-order chi connectivity index (χ0) is 26.2. The van der Waals surface area contributed by atoms with Gasteiger partial charge in [-0.2, -0.15) is 0 Å². The summed E-state index contributed by atoms with van der Waals surface area (Å²) in [4.78, 5) is 25.1. The minimum Gasteiger partial charge on any atom is -0.468 e. The molecule has 7 atom stereocenters. The summed E-state index contributed by atoms with van der Waals surface area (Å²) in [5.41, 5.74) is 0.488. The van der Waals surface area contributed by atoms with Gasteiger partial charge in [0.05, 0.1) is 38.6 Å². The largest absolute Gasteiger partial charge is 0.468 e. The van der Waals surface area contributed by atoms with E-state index in [1.165, 1.54) is 26.4 Å². The zero-order valence-corrected chi connectivity index (χ0v) is 20.8. The summed E-state index contributed by atoms with van der Waals surface area (Å²) in [6, 6.07) is 0. The minimum absolute atomic E-state index is 0.100. The molecule has 0 aromatic rings. The van der Waals surface area contributed by atoms with Crippen LogP contribution in [0.25, 0.3) is 0 Å². The van der Waals surface area contributed by atoms with E-state index in [1.54, 1.807) is 13.0 Å². The highest BCUT2D eigenvalue weighted by molar-refractivity contribution is 5.90. The van der Waals surface area contributed by atoms with Crippen molar-refractivity contribution in [1.82, 2.24) is 0 Å². The number of allylic oxidation sites excluding steroid dienone is 1. The summed E-state index contributed by atoms with van der Waals surface area (Å²) in [7, 11) is 1.22. The van der Waals surface area contributed by atoms with Gasteiger partial charge in [-0.1, -0.05) is 38.2 Å².